The van der Waals surface area contributed by atoms with Crippen LogP contribution in [0.2, 0.25) is 5.02 Å². The maximum Gasteiger partial charge on any atom is 0.306 e. The molecule has 1 amide bonds. The molecule has 172 valence electrons. The Morgan fingerprint density at radius 1 is 1.16 bits per heavy atom. The fraction of sp³-hybridized carbons (Fsp3) is 0.440. The van der Waals surface area contributed by atoms with E-state index in [2.05, 4.69) is 10.6 Å². The molecule has 3 N–H and O–H groups in total. The summed E-state index contributed by atoms with van der Waals surface area (Å²) >= 11 is 6.16. The lowest BCUT2D eigenvalue weighted by molar-refractivity contribution is -0.143. The number of hydrogen-bond donors (Lipinski definition) is 3. The molecule has 0 radical (unpaired) electrons. The number of carboxylic acid groups (broad SMARTS) is 1. The molecule has 0 bridgehead atoms. The number of methoxy groups -OCH3 is 1. The number of amides is 1. The van der Waals surface area contributed by atoms with Crippen LogP contribution in [0.1, 0.15) is 60.1 Å². The monoisotopic (exact) mass is 458 g/mol. The first-order chi connectivity index (χ1) is 15.3. The summed E-state index contributed by atoms with van der Waals surface area (Å²) in [5.41, 5.74) is 3.47. The zero-order valence-electron chi connectivity index (χ0n) is 18.8. The van der Waals surface area contributed by atoms with Gasteiger partial charge in [0, 0.05) is 28.4 Å². The van der Waals surface area contributed by atoms with Gasteiger partial charge >= 0.3 is 5.97 Å². The Hall–Kier alpha value is -2.73. The van der Waals surface area contributed by atoms with Crippen LogP contribution in [-0.4, -0.2) is 30.6 Å². The first-order valence-electron chi connectivity index (χ1n) is 11.0. The predicted octanol–water partition coefficient (Wildman–Crippen LogP) is 5.45. The van der Waals surface area contributed by atoms with Crippen LogP contribution in [0.3, 0.4) is 0 Å². The largest absolute Gasteiger partial charge is 0.496 e. The Bertz CT molecular complexity index is 970. The van der Waals surface area contributed by atoms with Crippen molar-refractivity contribution in [2.24, 2.45) is 11.8 Å². The minimum absolute atomic E-state index is 0.0389. The van der Waals surface area contributed by atoms with Crippen LogP contribution in [0.25, 0.3) is 0 Å². The number of carbonyl (C=O) groups is 2. The zero-order valence-corrected chi connectivity index (χ0v) is 19.5. The van der Waals surface area contributed by atoms with Gasteiger partial charge in [-0.1, -0.05) is 11.6 Å². The molecule has 1 fully saturated rings. The van der Waals surface area contributed by atoms with Crippen LogP contribution < -0.4 is 15.4 Å². The van der Waals surface area contributed by atoms with E-state index in [1.807, 2.05) is 44.2 Å². The second kappa shape index (κ2) is 10.7. The summed E-state index contributed by atoms with van der Waals surface area (Å²) in [5, 5.41) is 16.2. The van der Waals surface area contributed by atoms with Crippen molar-refractivity contribution in [3.05, 3.63) is 58.1 Å². The standard InChI is InChI=1S/C25H31ClN2O4/c1-15-12-19(24(29)27-14-17-4-6-18(7-5-17)25(30)31)8-10-22(15)28-16(2)21-13-20(26)9-11-23(21)32-3/h8-13,16-18,28H,4-7,14H2,1-3H3,(H,27,29)(H,30,31)/t16?,17-,18-. The number of aryl methyl sites for hydroxylation is 1. The number of anilines is 1. The van der Waals surface area contributed by atoms with E-state index in [1.54, 1.807) is 13.2 Å². The molecule has 6 nitrogen and oxygen atoms in total. The molecule has 3 rings (SSSR count). The van der Waals surface area contributed by atoms with Crippen molar-refractivity contribution in [2.45, 2.75) is 45.6 Å². The summed E-state index contributed by atoms with van der Waals surface area (Å²) in [6, 6.07) is 11.1. The average Bonchev–Trinajstić information content (AvgIpc) is 2.78. The molecule has 0 aromatic heterocycles. The van der Waals surface area contributed by atoms with E-state index >= 15 is 0 Å². The fourth-order valence-corrected chi connectivity index (χ4v) is 4.45. The number of aliphatic carboxylic acids is 1. The number of carboxylic acids is 1. The number of halogens is 1. The molecule has 0 saturated heterocycles. The third-order valence-electron chi connectivity index (χ3n) is 6.27. The van der Waals surface area contributed by atoms with Gasteiger partial charge in [-0.2, -0.15) is 0 Å². The third-order valence-corrected chi connectivity index (χ3v) is 6.50. The molecule has 2 aromatic carbocycles. The van der Waals surface area contributed by atoms with Gasteiger partial charge in [0.15, 0.2) is 0 Å². The highest BCUT2D eigenvalue weighted by Crippen LogP contribution is 2.32. The number of hydrogen-bond acceptors (Lipinski definition) is 4. The second-order valence-corrected chi connectivity index (χ2v) is 8.98. The minimum atomic E-state index is -0.709. The minimum Gasteiger partial charge on any atom is -0.496 e. The lowest BCUT2D eigenvalue weighted by Gasteiger charge is -2.26. The topological polar surface area (TPSA) is 87.7 Å². The van der Waals surface area contributed by atoms with Gasteiger partial charge in [-0.15, -0.1) is 0 Å². The van der Waals surface area contributed by atoms with Gasteiger partial charge < -0.3 is 20.5 Å². The van der Waals surface area contributed by atoms with Crippen molar-refractivity contribution in [3.8, 4) is 5.75 Å². The maximum absolute atomic E-state index is 12.6. The van der Waals surface area contributed by atoms with Gasteiger partial charge in [-0.05, 0) is 87.4 Å². The van der Waals surface area contributed by atoms with E-state index in [0.717, 1.165) is 35.4 Å². The predicted molar refractivity (Wildman–Crippen MR) is 127 cm³/mol. The second-order valence-electron chi connectivity index (χ2n) is 8.55. The molecule has 7 heteroatoms. The molecule has 0 spiro atoms. The fourth-order valence-electron chi connectivity index (χ4n) is 4.27. The van der Waals surface area contributed by atoms with Crippen LogP contribution in [0.4, 0.5) is 5.69 Å². The summed E-state index contributed by atoms with van der Waals surface area (Å²) in [6.45, 7) is 4.58. The zero-order chi connectivity index (χ0) is 23.3. The van der Waals surface area contributed by atoms with Crippen LogP contribution in [0.5, 0.6) is 5.75 Å². The quantitative estimate of drug-likeness (QED) is 0.489. The summed E-state index contributed by atoms with van der Waals surface area (Å²) < 4.78 is 5.45. The van der Waals surface area contributed by atoms with E-state index in [0.29, 0.717) is 35.9 Å². The highest BCUT2D eigenvalue weighted by molar-refractivity contribution is 6.30. The Morgan fingerprint density at radius 3 is 2.50 bits per heavy atom. The van der Waals surface area contributed by atoms with Crippen molar-refractivity contribution >= 4 is 29.2 Å². The molecule has 1 atom stereocenters. The Kier molecular flexibility index (Phi) is 8.02. The van der Waals surface area contributed by atoms with E-state index in [-0.39, 0.29) is 17.9 Å². The number of ether oxygens (including phenoxy) is 1. The van der Waals surface area contributed by atoms with Crippen molar-refractivity contribution < 1.29 is 19.4 Å². The first kappa shape index (κ1) is 23.9. The number of rotatable bonds is 8. The normalized spacial score (nSPS) is 19.1. The smallest absolute Gasteiger partial charge is 0.306 e. The van der Waals surface area contributed by atoms with Crippen LogP contribution in [0.15, 0.2) is 36.4 Å². The van der Waals surface area contributed by atoms with Gasteiger partial charge in [0.25, 0.3) is 5.91 Å². The van der Waals surface area contributed by atoms with E-state index in [1.165, 1.54) is 0 Å². The molecule has 0 aliphatic heterocycles. The lowest BCUT2D eigenvalue weighted by Crippen LogP contribution is -2.32. The SMILES string of the molecule is COc1ccc(Cl)cc1C(C)Nc1ccc(C(=O)NC[C@H]2CC[C@H](C(=O)O)CC2)cc1C. The van der Waals surface area contributed by atoms with Crippen molar-refractivity contribution in [2.75, 3.05) is 19.0 Å². The Balaban J connectivity index is 1.58. The van der Waals surface area contributed by atoms with Crippen LogP contribution in [-0.2, 0) is 4.79 Å². The summed E-state index contributed by atoms with van der Waals surface area (Å²) in [6.07, 6.45) is 3.05. The van der Waals surface area contributed by atoms with E-state index in [4.69, 9.17) is 21.4 Å². The first-order valence-corrected chi connectivity index (χ1v) is 11.4. The van der Waals surface area contributed by atoms with Crippen molar-refractivity contribution in [1.82, 2.24) is 5.32 Å². The third kappa shape index (κ3) is 5.94. The molecule has 1 aliphatic rings. The molecule has 1 aliphatic carbocycles. The van der Waals surface area contributed by atoms with Gasteiger partial charge in [-0.3, -0.25) is 9.59 Å². The lowest BCUT2D eigenvalue weighted by atomic mass is 9.82. The van der Waals surface area contributed by atoms with E-state index < -0.39 is 5.97 Å². The van der Waals surface area contributed by atoms with Crippen LogP contribution >= 0.6 is 11.6 Å². The summed E-state index contributed by atoms with van der Waals surface area (Å²) in [4.78, 5) is 23.7. The maximum atomic E-state index is 12.6. The van der Waals surface area contributed by atoms with Crippen molar-refractivity contribution in [1.29, 1.82) is 0 Å². The average molecular weight is 459 g/mol. The summed E-state index contributed by atoms with van der Waals surface area (Å²) in [7, 11) is 1.63. The Morgan fingerprint density at radius 2 is 1.88 bits per heavy atom. The van der Waals surface area contributed by atoms with E-state index in [9.17, 15) is 9.59 Å². The molecule has 1 unspecified atom stereocenters. The van der Waals surface area contributed by atoms with Crippen molar-refractivity contribution in [3.63, 3.8) is 0 Å². The number of nitrogens with one attached hydrogen (secondary N) is 2. The van der Waals surface area contributed by atoms with Gasteiger partial charge in [0.1, 0.15) is 5.75 Å². The molecule has 1 saturated carbocycles. The van der Waals surface area contributed by atoms with Crippen LogP contribution in [0, 0.1) is 18.8 Å². The molecule has 2 aromatic rings. The molecule has 0 heterocycles. The van der Waals surface area contributed by atoms with Gasteiger partial charge in [0.2, 0.25) is 0 Å². The number of benzene rings is 2. The van der Waals surface area contributed by atoms with Gasteiger partial charge in [-0.25, -0.2) is 0 Å². The Labute approximate surface area is 194 Å². The summed E-state index contributed by atoms with van der Waals surface area (Å²) in [5.74, 6) is 0.0498. The molecular weight excluding hydrogens is 428 g/mol. The molecule has 32 heavy (non-hydrogen) atoms. The van der Waals surface area contributed by atoms with Gasteiger partial charge in [0.05, 0.1) is 19.1 Å². The molecular formula is C25H31ClN2O4. The number of carbonyl (C=O) groups excluding carboxylic acids is 1. The highest BCUT2D eigenvalue weighted by atomic mass is 35.5. The highest BCUT2D eigenvalue weighted by Gasteiger charge is 2.26.